The average molecular weight is 803 g/mol. The van der Waals surface area contributed by atoms with Crippen molar-refractivity contribution in [2.45, 2.75) is 101 Å². The van der Waals surface area contributed by atoms with Crippen LogP contribution in [0.4, 0.5) is 5.69 Å². The summed E-state index contributed by atoms with van der Waals surface area (Å²) in [6.45, 7) is 6.58. The van der Waals surface area contributed by atoms with Crippen LogP contribution in [0.1, 0.15) is 106 Å². The van der Waals surface area contributed by atoms with E-state index < -0.39 is 20.4 Å². The van der Waals surface area contributed by atoms with Crippen LogP contribution < -0.4 is 10.1 Å². The first-order valence-electron chi connectivity index (χ1n) is 20.1. The van der Waals surface area contributed by atoms with E-state index in [1.807, 2.05) is 39.0 Å². The molecule has 1 fully saturated rings. The van der Waals surface area contributed by atoms with E-state index in [0.29, 0.717) is 49.4 Å². The number of amides is 1. The lowest BCUT2D eigenvalue weighted by molar-refractivity contribution is -0.117. The molecule has 57 heavy (non-hydrogen) atoms. The van der Waals surface area contributed by atoms with Gasteiger partial charge in [0.2, 0.25) is 15.9 Å². The number of esters is 1. The number of hydrogen-bond acceptors (Lipinski definition) is 8. The minimum absolute atomic E-state index is 0.000561. The van der Waals surface area contributed by atoms with Crippen molar-refractivity contribution in [2.75, 3.05) is 41.4 Å². The smallest absolute Gasteiger partial charge is 0.338 e. The van der Waals surface area contributed by atoms with Crippen molar-refractivity contribution in [3.8, 4) is 0 Å². The fraction of sp³-hybridized carbons (Fsp3) is 0.500. The van der Waals surface area contributed by atoms with Crippen LogP contribution in [0.5, 0.6) is 0 Å². The van der Waals surface area contributed by atoms with Crippen molar-refractivity contribution in [1.29, 1.82) is 0 Å². The molecule has 0 bridgehead atoms. The predicted octanol–water partition coefficient (Wildman–Crippen LogP) is 7.99. The molecule has 12 nitrogen and oxygen atoms in total. The molecule has 2 heterocycles. The fourth-order valence-corrected chi connectivity index (χ4v) is 9.85. The first-order chi connectivity index (χ1) is 27.1. The first kappa shape index (κ1) is 42.3. The summed E-state index contributed by atoms with van der Waals surface area (Å²) >= 11 is 0. The zero-order chi connectivity index (χ0) is 41.1. The molecule has 1 amide bonds. The molecule has 3 atom stereocenters. The number of carbonyl (C=O) groups excluding carboxylic acids is 2. The third kappa shape index (κ3) is 9.23. The normalized spacial score (nSPS) is 19.9. The van der Waals surface area contributed by atoms with Crippen molar-refractivity contribution >= 4 is 38.5 Å². The molecule has 308 valence electrons. The number of hydroxylamine groups is 2. The summed E-state index contributed by atoms with van der Waals surface area (Å²) < 4.78 is 41.9. The van der Waals surface area contributed by atoms with Gasteiger partial charge in [0.25, 0.3) is 0 Å². The molecule has 0 saturated heterocycles. The van der Waals surface area contributed by atoms with Crippen LogP contribution in [-0.4, -0.2) is 76.2 Å². The maximum atomic E-state index is 14.1. The molecule has 3 unspecified atom stereocenters. The Hall–Kier alpha value is -4.27. The Labute approximate surface area is 337 Å². The van der Waals surface area contributed by atoms with E-state index in [1.165, 1.54) is 68.2 Å². The Kier molecular flexibility index (Phi) is 12.8. The van der Waals surface area contributed by atoms with Gasteiger partial charge in [0.05, 0.1) is 26.3 Å². The van der Waals surface area contributed by atoms with Crippen LogP contribution in [0.2, 0.25) is 0 Å². The Morgan fingerprint density at radius 3 is 2.46 bits per heavy atom. The summed E-state index contributed by atoms with van der Waals surface area (Å²) in [7, 11) is 1.68. The number of quaternary nitrogens is 1. The highest BCUT2D eigenvalue weighted by atomic mass is 32.2. The lowest BCUT2D eigenvalue weighted by atomic mass is 9.77. The number of fused-ring (bicyclic) bond motifs is 5. The number of nitrogens with zero attached hydrogens (tertiary/aromatic N) is 3. The van der Waals surface area contributed by atoms with E-state index in [1.54, 1.807) is 19.2 Å². The number of methoxy groups -OCH3 is 1. The molecule has 0 spiro atoms. The molecule has 1 aliphatic heterocycles. The number of ether oxygens (including phenoxy) is 2. The van der Waals surface area contributed by atoms with Crippen LogP contribution in [0.3, 0.4) is 0 Å². The lowest BCUT2D eigenvalue weighted by Gasteiger charge is -2.34. The second-order valence-corrected chi connectivity index (χ2v) is 18.5. The largest absolute Gasteiger partial charge is 0.593 e. The molecule has 0 radical (unpaired) electrons. The van der Waals surface area contributed by atoms with Gasteiger partial charge in [0.1, 0.15) is 23.3 Å². The maximum Gasteiger partial charge on any atom is 0.338 e. The van der Waals surface area contributed by atoms with Crippen LogP contribution in [0, 0.1) is 11.1 Å². The number of rotatable bonds is 14. The van der Waals surface area contributed by atoms with Gasteiger partial charge in [-0.2, -0.15) is 4.81 Å². The third-order valence-corrected chi connectivity index (χ3v) is 13.3. The van der Waals surface area contributed by atoms with E-state index in [2.05, 4.69) is 34.2 Å². The highest BCUT2D eigenvalue weighted by Crippen LogP contribution is 2.48. The highest BCUT2D eigenvalue weighted by molar-refractivity contribution is 7.89. The lowest BCUT2D eigenvalue weighted by Crippen LogP contribution is -2.39. The Morgan fingerprint density at radius 1 is 1.02 bits per heavy atom. The van der Waals surface area contributed by atoms with Gasteiger partial charge in [-0.3, -0.25) is 4.79 Å². The molecule has 3 aromatic rings. The standard InChI is InChI=1S/C44H58N4O8S/c1-44(2,3)56-43(50)31-20-22-36-37(28-31)47-29-33(26-32-27-34(54-6)21-23-35(32)41(47)40(36)30-16-10-8-11-17-30)42(49)45-24-14-9-15-25-46(4)57(52,53)39-19-13-12-18-38(39)48(5,51)55-7/h12-13,18-23,26-28,30,32,35H,8-11,14-17,24-25,29H2,1-7H3,(H,45,49). The second-order valence-electron chi connectivity index (χ2n) is 16.5. The van der Waals surface area contributed by atoms with Crippen LogP contribution in [-0.2, 0) is 35.7 Å². The van der Waals surface area contributed by atoms with E-state index in [4.69, 9.17) is 14.3 Å². The Balaban J connectivity index is 1.20. The number of para-hydroxylation sites is 1. The Morgan fingerprint density at radius 2 is 1.75 bits per heavy atom. The molecule has 1 aromatic heterocycles. The number of allylic oxidation sites excluding steroid dienone is 4. The summed E-state index contributed by atoms with van der Waals surface area (Å²) in [6, 6.07) is 11.9. The third-order valence-electron chi connectivity index (χ3n) is 11.4. The van der Waals surface area contributed by atoms with Crippen molar-refractivity contribution < 1.29 is 32.3 Å². The number of hydrogen-bond donors (Lipinski definition) is 1. The summed E-state index contributed by atoms with van der Waals surface area (Å²) in [5.74, 6) is 0.434. The average Bonchev–Trinajstić information content (AvgIpc) is 3.40. The van der Waals surface area contributed by atoms with Gasteiger partial charge in [-0.15, -0.1) is 0 Å². The van der Waals surface area contributed by atoms with E-state index in [0.717, 1.165) is 29.5 Å². The molecule has 2 aliphatic carbocycles. The minimum atomic E-state index is -3.95. The van der Waals surface area contributed by atoms with Gasteiger partial charge < -0.3 is 24.6 Å². The summed E-state index contributed by atoms with van der Waals surface area (Å²) in [5, 5.41) is 17.1. The van der Waals surface area contributed by atoms with E-state index in [9.17, 15) is 23.2 Å². The van der Waals surface area contributed by atoms with Gasteiger partial charge in [-0.25, -0.2) is 22.4 Å². The maximum absolute atomic E-state index is 14.1. The monoisotopic (exact) mass is 802 g/mol. The zero-order valence-electron chi connectivity index (χ0n) is 34.4. The van der Waals surface area contributed by atoms with Crippen molar-refractivity contribution in [3.05, 3.63) is 100 Å². The van der Waals surface area contributed by atoms with Crippen molar-refractivity contribution in [3.63, 3.8) is 0 Å². The minimum Gasteiger partial charge on any atom is -0.593 e. The molecule has 3 aliphatic rings. The van der Waals surface area contributed by atoms with Gasteiger partial charge >= 0.3 is 5.97 Å². The van der Waals surface area contributed by atoms with Gasteiger partial charge in [0.15, 0.2) is 5.69 Å². The summed E-state index contributed by atoms with van der Waals surface area (Å²) in [5.41, 5.74) is 3.90. The predicted molar refractivity (Wildman–Crippen MR) is 223 cm³/mol. The highest BCUT2D eigenvalue weighted by Gasteiger charge is 2.36. The molecular weight excluding hydrogens is 745 g/mol. The van der Waals surface area contributed by atoms with Gasteiger partial charge in [0, 0.05) is 60.2 Å². The molecule has 6 rings (SSSR count). The molecular formula is C44H58N4O8S. The van der Waals surface area contributed by atoms with E-state index in [-0.39, 0.29) is 40.8 Å². The second kappa shape index (κ2) is 17.3. The van der Waals surface area contributed by atoms with Crippen molar-refractivity contribution in [2.24, 2.45) is 5.92 Å². The van der Waals surface area contributed by atoms with Crippen LogP contribution >= 0.6 is 0 Å². The molecule has 1 N–H and O–H groups in total. The first-order valence-corrected chi connectivity index (χ1v) is 21.5. The summed E-state index contributed by atoms with van der Waals surface area (Å²) in [6.07, 6.45) is 16.0. The van der Waals surface area contributed by atoms with Crippen molar-refractivity contribution in [1.82, 2.24) is 19.0 Å². The van der Waals surface area contributed by atoms with Crippen LogP contribution in [0.15, 0.2) is 83.0 Å². The number of carbonyl (C=O) groups is 2. The number of aromatic nitrogens is 1. The number of sulfonamides is 1. The quantitative estimate of drug-likeness (QED) is 0.0750. The number of nitrogens with one attached hydrogen (secondary N) is 1. The summed E-state index contributed by atoms with van der Waals surface area (Å²) in [4.78, 5) is 31.0. The fourth-order valence-electron chi connectivity index (χ4n) is 8.40. The van der Waals surface area contributed by atoms with Gasteiger partial charge in [-0.1, -0.05) is 56.0 Å². The number of unbranched alkanes of at least 4 members (excludes halogenated alkanes) is 2. The van der Waals surface area contributed by atoms with E-state index >= 15 is 0 Å². The molecule has 13 heteroatoms. The topological polar surface area (TPSA) is 139 Å². The molecule has 1 saturated carbocycles. The Bertz CT molecular complexity index is 2170. The molecule has 2 aromatic carbocycles. The van der Waals surface area contributed by atoms with Gasteiger partial charge in [-0.05, 0) is 88.3 Å². The SMILES string of the molecule is COC1=CC2C=C(C(=O)NCCCCCN(C)S(=O)(=O)c3ccccc3[N+](C)([O-])OC)Cn3c(c(C4CCCCC4)c4ccc(C(=O)OC(C)(C)C)cc43)C2C=C1. The zero-order valence-corrected chi connectivity index (χ0v) is 35.2. The number of benzene rings is 2. The van der Waals surface area contributed by atoms with Crippen LogP contribution in [0.25, 0.3) is 10.9 Å².